The number of hydrogen-bond donors (Lipinski definition) is 0. The summed E-state index contributed by atoms with van der Waals surface area (Å²) in [5.74, 6) is 3.05. The van der Waals surface area contributed by atoms with Gasteiger partial charge in [0.05, 0.1) is 15.6 Å². The van der Waals surface area contributed by atoms with Crippen LogP contribution in [0.4, 0.5) is 0 Å². The maximum absolute atomic E-state index is 5.74. The Kier molecular flexibility index (Phi) is 7.44. The molecule has 0 aliphatic carbocycles. The van der Waals surface area contributed by atoms with Gasteiger partial charge in [0.25, 0.3) is 0 Å². The SMILES string of the molecule is CCSCCOc1c(Br)cc(CBr)cc1Br. The zero-order valence-electron chi connectivity index (χ0n) is 8.93. The maximum atomic E-state index is 5.74. The molecule has 0 saturated carbocycles. The average molecular weight is 433 g/mol. The molecule has 1 rings (SSSR count). The molecule has 90 valence electrons. The summed E-state index contributed by atoms with van der Waals surface area (Å²) in [7, 11) is 0. The molecular weight excluding hydrogens is 420 g/mol. The first-order chi connectivity index (χ1) is 7.69. The fraction of sp³-hybridized carbons (Fsp3) is 0.455. The standard InChI is InChI=1S/C11H13Br3OS/c1-2-16-4-3-15-11-9(13)5-8(7-12)6-10(11)14/h5-6H,2-4,7H2,1H3. The zero-order valence-corrected chi connectivity index (χ0v) is 14.5. The summed E-state index contributed by atoms with van der Waals surface area (Å²) in [4.78, 5) is 0. The van der Waals surface area contributed by atoms with E-state index in [2.05, 4.69) is 66.8 Å². The Labute approximate surface area is 126 Å². The van der Waals surface area contributed by atoms with E-state index in [9.17, 15) is 0 Å². The van der Waals surface area contributed by atoms with Crippen molar-refractivity contribution in [3.8, 4) is 5.75 Å². The van der Waals surface area contributed by atoms with Gasteiger partial charge in [-0.1, -0.05) is 22.9 Å². The van der Waals surface area contributed by atoms with Gasteiger partial charge >= 0.3 is 0 Å². The van der Waals surface area contributed by atoms with Crippen molar-refractivity contribution in [1.29, 1.82) is 0 Å². The highest BCUT2D eigenvalue weighted by atomic mass is 79.9. The predicted molar refractivity (Wildman–Crippen MR) is 83.0 cm³/mol. The number of thioether (sulfide) groups is 1. The summed E-state index contributed by atoms with van der Waals surface area (Å²) in [6, 6.07) is 4.14. The molecular formula is C11H13Br3OS. The first kappa shape index (κ1) is 14.9. The first-order valence-electron chi connectivity index (χ1n) is 4.93. The van der Waals surface area contributed by atoms with E-state index in [0.717, 1.165) is 38.1 Å². The normalized spacial score (nSPS) is 10.5. The van der Waals surface area contributed by atoms with Crippen molar-refractivity contribution < 1.29 is 4.74 Å². The molecule has 0 aliphatic heterocycles. The quantitative estimate of drug-likeness (QED) is 0.449. The van der Waals surface area contributed by atoms with Crippen LogP contribution in [0.1, 0.15) is 12.5 Å². The molecule has 0 atom stereocenters. The summed E-state index contributed by atoms with van der Waals surface area (Å²) in [6.07, 6.45) is 0. The lowest BCUT2D eigenvalue weighted by atomic mass is 10.2. The lowest BCUT2D eigenvalue weighted by Gasteiger charge is -2.11. The van der Waals surface area contributed by atoms with E-state index in [0.29, 0.717) is 0 Å². The van der Waals surface area contributed by atoms with Crippen LogP contribution in [0.25, 0.3) is 0 Å². The van der Waals surface area contributed by atoms with E-state index >= 15 is 0 Å². The van der Waals surface area contributed by atoms with Crippen LogP contribution in [-0.2, 0) is 5.33 Å². The van der Waals surface area contributed by atoms with Gasteiger partial charge in [-0.05, 0) is 55.3 Å². The third-order valence-corrected chi connectivity index (χ3v) is 4.58. The Morgan fingerprint density at radius 2 is 1.88 bits per heavy atom. The van der Waals surface area contributed by atoms with Crippen LogP contribution in [-0.4, -0.2) is 18.1 Å². The highest BCUT2D eigenvalue weighted by Crippen LogP contribution is 2.35. The Balaban J connectivity index is 2.65. The Bertz CT molecular complexity index is 321. The third kappa shape index (κ3) is 4.59. The summed E-state index contributed by atoms with van der Waals surface area (Å²) in [6.45, 7) is 2.89. The van der Waals surface area contributed by atoms with Gasteiger partial charge in [0, 0.05) is 11.1 Å². The Morgan fingerprint density at radius 3 is 2.38 bits per heavy atom. The molecule has 0 aliphatic rings. The molecule has 16 heavy (non-hydrogen) atoms. The lowest BCUT2D eigenvalue weighted by molar-refractivity contribution is 0.339. The number of hydrogen-bond acceptors (Lipinski definition) is 2. The zero-order chi connectivity index (χ0) is 12.0. The van der Waals surface area contributed by atoms with E-state index in [4.69, 9.17) is 4.74 Å². The van der Waals surface area contributed by atoms with Crippen molar-refractivity contribution in [2.75, 3.05) is 18.1 Å². The van der Waals surface area contributed by atoms with E-state index in [1.807, 2.05) is 11.8 Å². The Hall–Kier alpha value is 0.810. The second-order valence-corrected chi connectivity index (χ2v) is 6.73. The van der Waals surface area contributed by atoms with E-state index < -0.39 is 0 Å². The van der Waals surface area contributed by atoms with Crippen molar-refractivity contribution in [3.63, 3.8) is 0 Å². The van der Waals surface area contributed by atoms with Gasteiger partial charge in [-0.15, -0.1) is 0 Å². The fourth-order valence-electron chi connectivity index (χ4n) is 1.17. The summed E-state index contributed by atoms with van der Waals surface area (Å²) in [5.41, 5.74) is 1.22. The highest BCUT2D eigenvalue weighted by molar-refractivity contribution is 9.11. The van der Waals surface area contributed by atoms with Gasteiger partial charge in [0.15, 0.2) is 0 Å². The largest absolute Gasteiger partial charge is 0.490 e. The number of ether oxygens (including phenoxy) is 1. The van der Waals surface area contributed by atoms with E-state index in [1.54, 1.807) is 0 Å². The molecule has 0 radical (unpaired) electrons. The number of benzene rings is 1. The minimum Gasteiger partial charge on any atom is -0.490 e. The van der Waals surface area contributed by atoms with Gasteiger partial charge in [0.1, 0.15) is 5.75 Å². The van der Waals surface area contributed by atoms with Crippen molar-refractivity contribution in [2.24, 2.45) is 0 Å². The van der Waals surface area contributed by atoms with Crippen LogP contribution in [0.15, 0.2) is 21.1 Å². The number of halogens is 3. The van der Waals surface area contributed by atoms with Gasteiger partial charge in [-0.2, -0.15) is 11.8 Å². The predicted octanol–water partition coefficient (Wildman–Crippen LogP) is 5.24. The molecule has 5 heteroatoms. The molecule has 0 unspecified atom stereocenters. The van der Waals surface area contributed by atoms with Crippen LogP contribution in [0.3, 0.4) is 0 Å². The van der Waals surface area contributed by atoms with Gasteiger partial charge in [-0.25, -0.2) is 0 Å². The highest BCUT2D eigenvalue weighted by Gasteiger charge is 2.08. The second-order valence-electron chi connectivity index (χ2n) is 3.07. The van der Waals surface area contributed by atoms with Gasteiger partial charge in [-0.3, -0.25) is 0 Å². The molecule has 0 aromatic heterocycles. The minimum absolute atomic E-state index is 0.739. The summed E-state index contributed by atoms with van der Waals surface area (Å²) >= 11 is 12.4. The molecule has 0 amide bonds. The van der Waals surface area contributed by atoms with Crippen LogP contribution < -0.4 is 4.74 Å². The van der Waals surface area contributed by atoms with Crippen molar-refractivity contribution >= 4 is 59.6 Å². The molecule has 1 aromatic rings. The van der Waals surface area contributed by atoms with E-state index in [1.165, 1.54) is 5.56 Å². The molecule has 0 fully saturated rings. The second kappa shape index (κ2) is 8.01. The number of rotatable bonds is 6. The maximum Gasteiger partial charge on any atom is 0.147 e. The van der Waals surface area contributed by atoms with Crippen LogP contribution in [0, 0.1) is 0 Å². The van der Waals surface area contributed by atoms with Crippen molar-refractivity contribution in [1.82, 2.24) is 0 Å². The lowest BCUT2D eigenvalue weighted by Crippen LogP contribution is -2.02. The average Bonchev–Trinajstić information content (AvgIpc) is 2.26. The topological polar surface area (TPSA) is 9.23 Å². The molecule has 0 heterocycles. The molecule has 1 aromatic carbocycles. The molecule has 1 nitrogen and oxygen atoms in total. The van der Waals surface area contributed by atoms with Gasteiger partial charge < -0.3 is 4.74 Å². The first-order valence-corrected chi connectivity index (χ1v) is 8.79. The van der Waals surface area contributed by atoms with E-state index in [-0.39, 0.29) is 0 Å². The fourth-order valence-corrected chi connectivity index (χ4v) is 3.50. The van der Waals surface area contributed by atoms with Crippen LogP contribution in [0.5, 0.6) is 5.75 Å². The summed E-state index contributed by atoms with van der Waals surface area (Å²) in [5, 5.41) is 0.843. The Morgan fingerprint density at radius 1 is 1.25 bits per heavy atom. The smallest absolute Gasteiger partial charge is 0.147 e. The number of alkyl halides is 1. The van der Waals surface area contributed by atoms with Crippen LogP contribution in [0.2, 0.25) is 0 Å². The minimum atomic E-state index is 0.739. The van der Waals surface area contributed by atoms with Crippen LogP contribution >= 0.6 is 59.6 Å². The van der Waals surface area contributed by atoms with Gasteiger partial charge in [0.2, 0.25) is 0 Å². The summed E-state index contributed by atoms with van der Waals surface area (Å²) < 4.78 is 7.74. The van der Waals surface area contributed by atoms with Crippen molar-refractivity contribution in [3.05, 3.63) is 26.6 Å². The van der Waals surface area contributed by atoms with Crippen molar-refractivity contribution in [2.45, 2.75) is 12.3 Å². The third-order valence-electron chi connectivity index (χ3n) is 1.89. The molecule has 0 saturated heterocycles. The molecule has 0 N–H and O–H groups in total. The molecule has 0 spiro atoms. The monoisotopic (exact) mass is 430 g/mol. The molecule has 0 bridgehead atoms.